The maximum atomic E-state index is 13.4. The Bertz CT molecular complexity index is 1380. The van der Waals surface area contributed by atoms with Crippen LogP contribution in [0.15, 0.2) is 91.0 Å². The summed E-state index contributed by atoms with van der Waals surface area (Å²) in [6.07, 6.45) is 5.45. The molecule has 0 unspecified atom stereocenters. The second-order valence-corrected chi connectivity index (χ2v) is 10.1. The van der Waals surface area contributed by atoms with Gasteiger partial charge >= 0.3 is 0 Å². The summed E-state index contributed by atoms with van der Waals surface area (Å²) in [5.74, 6) is 1.77. The Kier molecular flexibility index (Phi) is 4.64. The van der Waals surface area contributed by atoms with E-state index in [1.54, 1.807) is 48.5 Å². The van der Waals surface area contributed by atoms with Gasteiger partial charge in [0.25, 0.3) is 5.91 Å². The maximum absolute atomic E-state index is 13.4. The fourth-order valence-corrected chi connectivity index (χ4v) is 6.43. The van der Waals surface area contributed by atoms with E-state index in [1.165, 1.54) is 4.90 Å². The van der Waals surface area contributed by atoms with E-state index < -0.39 is 0 Å². The first kappa shape index (κ1) is 21.1. The second-order valence-electron chi connectivity index (χ2n) is 10.1. The first-order valence-electron chi connectivity index (χ1n) is 12.4. The highest BCUT2D eigenvalue weighted by atomic mass is 16.5. The Labute approximate surface area is 208 Å². The summed E-state index contributed by atoms with van der Waals surface area (Å²) in [5.41, 5.74) is 1.47. The third-order valence-corrected chi connectivity index (χ3v) is 8.12. The van der Waals surface area contributed by atoms with Gasteiger partial charge in [-0.15, -0.1) is 0 Å². The molecule has 8 rings (SSSR count). The summed E-state index contributed by atoms with van der Waals surface area (Å²) in [6.45, 7) is 0. The van der Waals surface area contributed by atoms with Crippen LogP contribution < -0.4 is 15.0 Å². The van der Waals surface area contributed by atoms with Crippen molar-refractivity contribution in [1.82, 2.24) is 0 Å². The molecule has 1 N–H and O–H groups in total. The quantitative estimate of drug-likeness (QED) is 0.401. The number of para-hydroxylation sites is 1. The molecular formula is C30H24N2O4. The molecule has 6 atom stereocenters. The molecule has 2 bridgehead atoms. The average molecular weight is 477 g/mol. The van der Waals surface area contributed by atoms with E-state index in [1.807, 2.05) is 30.3 Å². The number of hydrogen-bond donors (Lipinski definition) is 1. The third-order valence-electron chi connectivity index (χ3n) is 8.12. The van der Waals surface area contributed by atoms with E-state index in [-0.39, 0.29) is 41.4 Å². The molecule has 178 valence electrons. The predicted molar refractivity (Wildman–Crippen MR) is 135 cm³/mol. The van der Waals surface area contributed by atoms with Gasteiger partial charge in [0.2, 0.25) is 11.8 Å². The van der Waals surface area contributed by atoms with Crippen LogP contribution in [0.2, 0.25) is 0 Å². The average Bonchev–Trinajstić information content (AvgIpc) is 3.69. The summed E-state index contributed by atoms with van der Waals surface area (Å²) >= 11 is 0. The molecule has 1 heterocycles. The number of imide groups is 1. The van der Waals surface area contributed by atoms with Crippen LogP contribution in [0, 0.1) is 35.5 Å². The van der Waals surface area contributed by atoms with Crippen molar-refractivity contribution in [3.63, 3.8) is 0 Å². The van der Waals surface area contributed by atoms with Crippen LogP contribution in [0.4, 0.5) is 11.4 Å². The summed E-state index contributed by atoms with van der Waals surface area (Å²) in [6, 6.07) is 23.3. The Morgan fingerprint density at radius 3 is 2.08 bits per heavy atom. The minimum Gasteiger partial charge on any atom is -0.457 e. The van der Waals surface area contributed by atoms with E-state index in [4.69, 9.17) is 4.74 Å². The highest BCUT2D eigenvalue weighted by molar-refractivity contribution is 6.23. The van der Waals surface area contributed by atoms with E-state index >= 15 is 0 Å². The van der Waals surface area contributed by atoms with Crippen LogP contribution in [-0.4, -0.2) is 17.7 Å². The molecule has 0 aromatic heterocycles. The van der Waals surface area contributed by atoms with Crippen molar-refractivity contribution in [3.8, 4) is 11.5 Å². The lowest BCUT2D eigenvalue weighted by Gasteiger charge is -2.37. The topological polar surface area (TPSA) is 75.7 Å². The summed E-state index contributed by atoms with van der Waals surface area (Å²) in [7, 11) is 0. The van der Waals surface area contributed by atoms with Crippen LogP contribution in [0.3, 0.4) is 0 Å². The van der Waals surface area contributed by atoms with E-state index in [0.717, 1.165) is 12.2 Å². The molecule has 3 aromatic rings. The molecule has 6 heteroatoms. The minimum atomic E-state index is -0.312. The maximum Gasteiger partial charge on any atom is 0.255 e. The van der Waals surface area contributed by atoms with Crippen molar-refractivity contribution in [1.29, 1.82) is 0 Å². The lowest BCUT2D eigenvalue weighted by Crippen LogP contribution is -2.40. The molecule has 6 nitrogen and oxygen atoms in total. The largest absolute Gasteiger partial charge is 0.457 e. The van der Waals surface area contributed by atoms with Gasteiger partial charge in [-0.1, -0.05) is 36.4 Å². The first-order chi connectivity index (χ1) is 17.6. The molecule has 0 spiro atoms. The van der Waals surface area contributed by atoms with Gasteiger partial charge in [-0.3, -0.25) is 14.4 Å². The summed E-state index contributed by atoms with van der Waals surface area (Å²) in [4.78, 5) is 41.1. The number of hydrogen-bond acceptors (Lipinski definition) is 4. The molecule has 2 saturated carbocycles. The zero-order chi connectivity index (χ0) is 24.4. The number of amides is 3. The molecule has 36 heavy (non-hydrogen) atoms. The fourth-order valence-electron chi connectivity index (χ4n) is 6.43. The van der Waals surface area contributed by atoms with Gasteiger partial charge in [-0.05, 0) is 84.7 Å². The van der Waals surface area contributed by atoms with Gasteiger partial charge in [0.1, 0.15) is 11.5 Å². The zero-order valence-electron chi connectivity index (χ0n) is 19.4. The smallest absolute Gasteiger partial charge is 0.255 e. The number of anilines is 2. The number of carbonyl (C=O) groups is 3. The Morgan fingerprint density at radius 2 is 1.42 bits per heavy atom. The molecule has 3 amide bonds. The first-order valence-corrected chi connectivity index (χ1v) is 12.4. The predicted octanol–water partition coefficient (Wildman–Crippen LogP) is 5.29. The lowest BCUT2D eigenvalue weighted by molar-refractivity contribution is -0.124. The van der Waals surface area contributed by atoms with Gasteiger partial charge < -0.3 is 10.1 Å². The molecule has 1 saturated heterocycles. The number of rotatable bonds is 5. The van der Waals surface area contributed by atoms with Gasteiger partial charge in [-0.2, -0.15) is 0 Å². The van der Waals surface area contributed by atoms with Crippen LogP contribution >= 0.6 is 0 Å². The van der Waals surface area contributed by atoms with E-state index in [9.17, 15) is 14.4 Å². The van der Waals surface area contributed by atoms with Crippen molar-refractivity contribution in [2.75, 3.05) is 10.2 Å². The molecule has 4 aliphatic carbocycles. The molecule has 3 aromatic carbocycles. The van der Waals surface area contributed by atoms with Crippen molar-refractivity contribution < 1.29 is 19.1 Å². The highest BCUT2D eigenvalue weighted by Gasteiger charge is 2.67. The van der Waals surface area contributed by atoms with Gasteiger partial charge in [0.05, 0.1) is 17.5 Å². The summed E-state index contributed by atoms with van der Waals surface area (Å²) < 4.78 is 5.80. The van der Waals surface area contributed by atoms with Crippen LogP contribution in [0.25, 0.3) is 0 Å². The van der Waals surface area contributed by atoms with Crippen molar-refractivity contribution >= 4 is 29.1 Å². The molecule has 3 fully saturated rings. The van der Waals surface area contributed by atoms with E-state index in [2.05, 4.69) is 17.5 Å². The van der Waals surface area contributed by atoms with E-state index in [0.29, 0.717) is 34.5 Å². The molecule has 0 radical (unpaired) electrons. The SMILES string of the molecule is O=C(Nc1ccc(Oc2ccccc2)cc1)c1cccc(N2C(=O)[C@@H]3[C@H]4C=C[C@@H]([C@@H]5C[C@H]45)[C@H]3C2=O)c1. The monoisotopic (exact) mass is 476 g/mol. The lowest BCUT2D eigenvalue weighted by atomic mass is 9.63. The number of nitrogens with one attached hydrogen (secondary N) is 1. The van der Waals surface area contributed by atoms with Gasteiger partial charge in [0, 0.05) is 11.3 Å². The number of allylic oxidation sites excluding steroid dienone is 2. The van der Waals surface area contributed by atoms with Crippen LogP contribution in [0.1, 0.15) is 16.8 Å². The van der Waals surface area contributed by atoms with Crippen molar-refractivity contribution in [2.24, 2.45) is 35.5 Å². The van der Waals surface area contributed by atoms with Gasteiger partial charge in [-0.25, -0.2) is 4.90 Å². The third kappa shape index (κ3) is 3.28. The number of carbonyl (C=O) groups excluding carboxylic acids is 3. The number of ether oxygens (including phenoxy) is 1. The minimum absolute atomic E-state index is 0.124. The van der Waals surface area contributed by atoms with Gasteiger partial charge in [0.15, 0.2) is 0 Å². The summed E-state index contributed by atoms with van der Waals surface area (Å²) in [5, 5.41) is 2.88. The molecule has 1 aliphatic heterocycles. The molecule has 5 aliphatic rings. The Morgan fingerprint density at radius 1 is 0.778 bits per heavy atom. The zero-order valence-corrected chi connectivity index (χ0v) is 19.4. The van der Waals surface area contributed by atoms with Crippen molar-refractivity contribution in [2.45, 2.75) is 6.42 Å². The van der Waals surface area contributed by atoms with Crippen LogP contribution in [-0.2, 0) is 9.59 Å². The standard InChI is InChI=1S/C30H24N2O4/c33-28(31-18-9-11-21(12-10-18)36-20-7-2-1-3-8-20)17-5-4-6-19(15-17)32-29(34)26-22-13-14-23(25-16-24(22)25)27(26)30(32)35/h1-15,22-27H,16H2,(H,31,33)/t22-,23-,24-,25+,26+,27+/m0/s1. The second kappa shape index (κ2) is 7.92. The molecular weight excluding hydrogens is 452 g/mol. The number of benzene rings is 3. The van der Waals surface area contributed by atoms with Crippen molar-refractivity contribution in [3.05, 3.63) is 96.6 Å². The number of nitrogens with zero attached hydrogens (tertiary/aromatic N) is 1. The Balaban J connectivity index is 1.07. The van der Waals surface area contributed by atoms with Crippen LogP contribution in [0.5, 0.6) is 11.5 Å². The normalized spacial score (nSPS) is 29.1. The fraction of sp³-hybridized carbons (Fsp3) is 0.233. The Hall–Kier alpha value is -4.19. The highest BCUT2D eigenvalue weighted by Crippen LogP contribution is 2.65.